The van der Waals surface area contributed by atoms with Crippen LogP contribution in [-0.2, 0) is 0 Å². The molecule has 4 aromatic rings. The minimum atomic E-state index is -0.609. The van der Waals surface area contributed by atoms with E-state index in [1.165, 1.54) is 11.3 Å². The summed E-state index contributed by atoms with van der Waals surface area (Å²) >= 11 is 1.33. The van der Waals surface area contributed by atoms with Gasteiger partial charge in [0.15, 0.2) is 0 Å². The van der Waals surface area contributed by atoms with Crippen LogP contribution in [0, 0.1) is 18.3 Å². The normalized spacial score (nSPS) is 10.6. The highest BCUT2D eigenvalue weighted by Gasteiger charge is 2.24. The topological polar surface area (TPSA) is 118 Å². The number of pyridine rings is 1. The molecule has 29 heavy (non-hydrogen) atoms. The van der Waals surface area contributed by atoms with Gasteiger partial charge in [-0.05, 0) is 30.2 Å². The van der Waals surface area contributed by atoms with Crippen LogP contribution in [0.3, 0.4) is 0 Å². The molecule has 0 aliphatic rings. The van der Waals surface area contributed by atoms with Gasteiger partial charge in [0.25, 0.3) is 5.91 Å². The molecular weight excluding hydrogens is 382 g/mol. The summed E-state index contributed by atoms with van der Waals surface area (Å²) in [5.74, 6) is -0.539. The molecule has 0 spiro atoms. The number of aryl methyl sites for hydroxylation is 1. The third-order valence-electron chi connectivity index (χ3n) is 4.55. The van der Waals surface area contributed by atoms with E-state index in [2.05, 4.69) is 16.4 Å². The molecule has 7 heteroatoms. The first-order valence-corrected chi connectivity index (χ1v) is 9.66. The number of hydrogen-bond acceptors (Lipinski definition) is 6. The van der Waals surface area contributed by atoms with E-state index in [9.17, 15) is 10.1 Å². The van der Waals surface area contributed by atoms with Crippen LogP contribution >= 0.6 is 11.3 Å². The highest BCUT2D eigenvalue weighted by Crippen LogP contribution is 2.44. The van der Waals surface area contributed by atoms with Gasteiger partial charge in [-0.25, -0.2) is 4.98 Å². The number of thiophene rings is 1. The van der Waals surface area contributed by atoms with Crippen LogP contribution in [0.5, 0.6) is 0 Å². The SMILES string of the molecule is Cc1cccc(Nc2sc3c(-c4ccccc4)c(C#N)c(N)nc3c2C(N)=O)c1. The summed E-state index contributed by atoms with van der Waals surface area (Å²) in [6.45, 7) is 1.99. The maximum atomic E-state index is 12.3. The maximum Gasteiger partial charge on any atom is 0.253 e. The highest BCUT2D eigenvalue weighted by molar-refractivity contribution is 7.24. The lowest BCUT2D eigenvalue weighted by Crippen LogP contribution is -2.13. The number of fused-ring (bicyclic) bond motifs is 1. The fourth-order valence-corrected chi connectivity index (χ4v) is 4.52. The van der Waals surface area contributed by atoms with Crippen LogP contribution in [0.1, 0.15) is 21.5 Å². The van der Waals surface area contributed by atoms with E-state index in [0.717, 1.165) is 16.8 Å². The van der Waals surface area contributed by atoms with E-state index in [-0.39, 0.29) is 16.9 Å². The molecule has 0 saturated heterocycles. The second kappa shape index (κ2) is 7.26. The largest absolute Gasteiger partial charge is 0.383 e. The molecule has 1 amide bonds. The Hall–Kier alpha value is -3.89. The summed E-state index contributed by atoms with van der Waals surface area (Å²) in [4.78, 5) is 16.7. The number of primary amides is 1. The molecule has 0 fully saturated rings. The molecule has 4 rings (SSSR count). The monoisotopic (exact) mass is 399 g/mol. The number of anilines is 3. The van der Waals surface area contributed by atoms with Crippen molar-refractivity contribution in [1.82, 2.24) is 4.98 Å². The predicted octanol–water partition coefficient (Wildman–Crippen LogP) is 4.57. The van der Waals surface area contributed by atoms with E-state index in [1.54, 1.807) is 0 Å². The van der Waals surface area contributed by atoms with Crippen LogP contribution in [0.25, 0.3) is 21.3 Å². The summed E-state index contributed by atoms with van der Waals surface area (Å²) in [5.41, 5.74) is 16.1. The maximum absolute atomic E-state index is 12.3. The number of nitrogens with two attached hydrogens (primary N) is 2. The van der Waals surface area contributed by atoms with Crippen molar-refractivity contribution in [2.24, 2.45) is 5.73 Å². The molecule has 0 bridgehead atoms. The number of nitrogen functional groups attached to an aromatic ring is 1. The lowest BCUT2D eigenvalue weighted by Gasteiger charge is -2.08. The van der Waals surface area contributed by atoms with Crippen LogP contribution in [0.2, 0.25) is 0 Å². The van der Waals surface area contributed by atoms with Gasteiger partial charge in [0.2, 0.25) is 0 Å². The van der Waals surface area contributed by atoms with E-state index in [1.807, 2.05) is 61.5 Å². The summed E-state index contributed by atoms with van der Waals surface area (Å²) in [6.07, 6.45) is 0. The van der Waals surface area contributed by atoms with Gasteiger partial charge in [-0.2, -0.15) is 5.26 Å². The zero-order valence-electron chi connectivity index (χ0n) is 15.6. The molecule has 2 aromatic carbocycles. The second-order valence-corrected chi connectivity index (χ2v) is 7.59. The lowest BCUT2D eigenvalue weighted by molar-refractivity contribution is 0.100. The van der Waals surface area contributed by atoms with Gasteiger partial charge in [0.1, 0.15) is 28.0 Å². The minimum Gasteiger partial charge on any atom is -0.383 e. The van der Waals surface area contributed by atoms with Crippen LogP contribution in [0.4, 0.5) is 16.5 Å². The van der Waals surface area contributed by atoms with Crippen molar-refractivity contribution in [2.45, 2.75) is 6.92 Å². The van der Waals surface area contributed by atoms with Gasteiger partial charge in [-0.1, -0.05) is 42.5 Å². The molecular formula is C22H17N5OS. The van der Waals surface area contributed by atoms with Gasteiger partial charge < -0.3 is 16.8 Å². The Labute approximate surface area is 171 Å². The third kappa shape index (κ3) is 3.26. The molecule has 2 heterocycles. The van der Waals surface area contributed by atoms with E-state index in [4.69, 9.17) is 11.5 Å². The molecule has 0 atom stereocenters. The predicted molar refractivity (Wildman–Crippen MR) is 117 cm³/mol. The summed E-state index contributed by atoms with van der Waals surface area (Å²) < 4.78 is 0.686. The number of rotatable bonds is 4. The smallest absolute Gasteiger partial charge is 0.253 e. The summed E-state index contributed by atoms with van der Waals surface area (Å²) in [6, 6.07) is 19.4. The molecule has 142 valence electrons. The van der Waals surface area contributed by atoms with Crippen molar-refractivity contribution in [3.05, 3.63) is 71.3 Å². The number of aromatic nitrogens is 1. The number of benzene rings is 2. The summed E-state index contributed by atoms with van der Waals surface area (Å²) in [5, 5.41) is 13.5. The van der Waals surface area contributed by atoms with Crippen molar-refractivity contribution in [2.75, 3.05) is 11.1 Å². The average Bonchev–Trinajstić information content (AvgIpc) is 3.04. The van der Waals surface area contributed by atoms with Gasteiger partial charge in [0.05, 0.1) is 10.2 Å². The molecule has 5 N–H and O–H groups in total. The Balaban J connectivity index is 2.03. The fourth-order valence-electron chi connectivity index (χ4n) is 3.28. The van der Waals surface area contributed by atoms with Gasteiger partial charge in [-0.3, -0.25) is 4.79 Å². The van der Waals surface area contributed by atoms with Crippen LogP contribution in [-0.4, -0.2) is 10.9 Å². The van der Waals surface area contributed by atoms with Crippen LogP contribution in [0.15, 0.2) is 54.6 Å². The van der Waals surface area contributed by atoms with Crippen molar-refractivity contribution in [3.8, 4) is 17.2 Å². The van der Waals surface area contributed by atoms with Gasteiger partial charge in [-0.15, -0.1) is 11.3 Å². The molecule has 0 aliphatic carbocycles. The van der Waals surface area contributed by atoms with Crippen LogP contribution < -0.4 is 16.8 Å². The number of nitriles is 1. The molecule has 2 aromatic heterocycles. The van der Waals surface area contributed by atoms with E-state index >= 15 is 0 Å². The first kappa shape index (κ1) is 18.5. The molecule has 0 aliphatic heterocycles. The third-order valence-corrected chi connectivity index (χ3v) is 5.66. The van der Waals surface area contributed by atoms with Gasteiger partial charge >= 0.3 is 0 Å². The first-order chi connectivity index (χ1) is 14.0. The Bertz CT molecular complexity index is 1290. The quantitative estimate of drug-likeness (QED) is 0.465. The Morgan fingerprint density at radius 1 is 1.17 bits per heavy atom. The number of carbonyl (C=O) groups is 1. The van der Waals surface area contributed by atoms with Crippen molar-refractivity contribution < 1.29 is 4.79 Å². The lowest BCUT2D eigenvalue weighted by atomic mass is 10.00. The Kier molecular flexibility index (Phi) is 4.63. The first-order valence-electron chi connectivity index (χ1n) is 8.84. The highest BCUT2D eigenvalue weighted by atomic mass is 32.1. The van der Waals surface area contributed by atoms with Crippen molar-refractivity contribution in [3.63, 3.8) is 0 Å². The zero-order chi connectivity index (χ0) is 20.5. The average molecular weight is 399 g/mol. The number of nitrogens with zero attached hydrogens (tertiary/aromatic N) is 2. The minimum absolute atomic E-state index is 0.0706. The molecule has 0 radical (unpaired) electrons. The van der Waals surface area contributed by atoms with E-state index in [0.29, 0.717) is 20.8 Å². The summed E-state index contributed by atoms with van der Waals surface area (Å²) in [7, 11) is 0. The Morgan fingerprint density at radius 2 is 1.93 bits per heavy atom. The van der Waals surface area contributed by atoms with Crippen molar-refractivity contribution >= 4 is 44.0 Å². The standard InChI is InChI=1S/C22H17N5OS/c1-12-6-5-9-14(10-12)26-22-17(21(25)28)18-19(29-22)16(13-7-3-2-4-8-13)15(11-23)20(24)27-18/h2-10,26H,1H3,(H2,24,27)(H2,25,28). The molecule has 6 nitrogen and oxygen atoms in total. The number of nitrogens with one attached hydrogen (secondary N) is 1. The molecule has 0 saturated carbocycles. The fraction of sp³-hybridized carbons (Fsp3) is 0.0455. The number of hydrogen-bond donors (Lipinski definition) is 3. The zero-order valence-corrected chi connectivity index (χ0v) is 16.4. The van der Waals surface area contributed by atoms with Gasteiger partial charge in [0, 0.05) is 11.3 Å². The number of amides is 1. The van der Waals surface area contributed by atoms with E-state index < -0.39 is 5.91 Å². The van der Waals surface area contributed by atoms with Crippen molar-refractivity contribution in [1.29, 1.82) is 5.26 Å². The Morgan fingerprint density at radius 3 is 2.59 bits per heavy atom. The molecule has 0 unspecified atom stereocenters. The number of carbonyl (C=O) groups excluding carboxylic acids is 1. The second-order valence-electron chi connectivity index (χ2n) is 6.57.